The fourth-order valence-corrected chi connectivity index (χ4v) is 2.13. The third-order valence-corrected chi connectivity index (χ3v) is 3.24. The molecule has 0 amide bonds. The van der Waals surface area contributed by atoms with E-state index in [4.69, 9.17) is 4.74 Å². The van der Waals surface area contributed by atoms with Crippen LogP contribution in [-0.2, 0) is 9.53 Å². The van der Waals surface area contributed by atoms with Gasteiger partial charge in [-0.3, -0.25) is 0 Å². The normalized spacial score (nSPS) is 10.1. The van der Waals surface area contributed by atoms with Crippen LogP contribution in [0.25, 0.3) is 0 Å². The van der Waals surface area contributed by atoms with Crippen LogP contribution in [-0.4, -0.2) is 13.1 Å². The van der Waals surface area contributed by atoms with Gasteiger partial charge in [0, 0.05) is 5.57 Å². The maximum atomic E-state index is 11.7. The molecular weight excluding hydrogens is 212 g/mol. The molecule has 0 radical (unpaired) electrons. The molecule has 0 aliphatic heterocycles. The van der Waals surface area contributed by atoms with Gasteiger partial charge >= 0.3 is 5.97 Å². The Bertz CT molecular complexity index is 235. The lowest BCUT2D eigenvalue weighted by Crippen LogP contribution is -2.08. The summed E-state index contributed by atoms with van der Waals surface area (Å²) < 4.78 is 4.88. The highest BCUT2D eigenvalue weighted by atomic mass is 16.5. The minimum Gasteiger partial charge on any atom is -0.466 e. The lowest BCUT2D eigenvalue weighted by atomic mass is 9.97. The molecule has 0 N–H and O–H groups in total. The molecule has 0 unspecified atom stereocenters. The molecule has 0 spiro atoms. The average Bonchev–Trinajstić information content (AvgIpc) is 2.36. The molecule has 0 saturated heterocycles. The SMILES string of the molecule is CCCCCCCC(C(=O)OC)=C(CC)CC. The van der Waals surface area contributed by atoms with Crippen molar-refractivity contribution < 1.29 is 9.53 Å². The zero-order valence-corrected chi connectivity index (χ0v) is 12.0. The van der Waals surface area contributed by atoms with Crippen molar-refractivity contribution in [1.82, 2.24) is 0 Å². The molecule has 0 fully saturated rings. The number of carbonyl (C=O) groups excluding carboxylic acids is 1. The van der Waals surface area contributed by atoms with Crippen LogP contribution in [0.1, 0.15) is 72.1 Å². The lowest BCUT2D eigenvalue weighted by Gasteiger charge is -2.11. The molecule has 0 rings (SSSR count). The molecule has 0 aliphatic carbocycles. The van der Waals surface area contributed by atoms with E-state index < -0.39 is 0 Å². The average molecular weight is 240 g/mol. The van der Waals surface area contributed by atoms with Gasteiger partial charge in [0.2, 0.25) is 0 Å². The number of esters is 1. The topological polar surface area (TPSA) is 26.3 Å². The van der Waals surface area contributed by atoms with Crippen LogP contribution in [0.2, 0.25) is 0 Å². The van der Waals surface area contributed by atoms with Crippen molar-refractivity contribution in [1.29, 1.82) is 0 Å². The molecule has 0 heterocycles. The Balaban J connectivity index is 4.31. The van der Waals surface area contributed by atoms with Crippen LogP contribution in [0.5, 0.6) is 0 Å². The first-order chi connectivity index (χ1) is 8.21. The largest absolute Gasteiger partial charge is 0.466 e. The summed E-state index contributed by atoms with van der Waals surface area (Å²) in [6.45, 7) is 6.43. The first kappa shape index (κ1) is 16.2. The molecule has 17 heavy (non-hydrogen) atoms. The fourth-order valence-electron chi connectivity index (χ4n) is 2.13. The Kier molecular flexibility index (Phi) is 9.89. The molecule has 2 heteroatoms. The van der Waals surface area contributed by atoms with Crippen molar-refractivity contribution in [2.24, 2.45) is 0 Å². The highest BCUT2D eigenvalue weighted by Gasteiger charge is 2.13. The summed E-state index contributed by atoms with van der Waals surface area (Å²) in [6.07, 6.45) is 8.95. The molecule has 100 valence electrons. The second-order valence-corrected chi connectivity index (χ2v) is 4.45. The molecule has 2 nitrogen and oxygen atoms in total. The summed E-state index contributed by atoms with van der Waals surface area (Å²) in [7, 11) is 1.47. The Morgan fingerprint density at radius 3 is 2.00 bits per heavy atom. The van der Waals surface area contributed by atoms with E-state index in [0.717, 1.165) is 31.3 Å². The van der Waals surface area contributed by atoms with Crippen molar-refractivity contribution in [2.45, 2.75) is 72.1 Å². The van der Waals surface area contributed by atoms with Gasteiger partial charge in [-0.2, -0.15) is 0 Å². The molecule has 0 bridgehead atoms. The quantitative estimate of drug-likeness (QED) is 0.333. The predicted octanol–water partition coefficient (Wildman–Crippen LogP) is 4.64. The Hall–Kier alpha value is -0.790. The first-order valence-electron chi connectivity index (χ1n) is 7.00. The first-order valence-corrected chi connectivity index (χ1v) is 7.00. The van der Waals surface area contributed by atoms with Gasteiger partial charge < -0.3 is 4.74 Å². The van der Waals surface area contributed by atoms with Gasteiger partial charge in [0.05, 0.1) is 7.11 Å². The molecule has 0 aliphatic rings. The van der Waals surface area contributed by atoms with Crippen LogP contribution in [0.4, 0.5) is 0 Å². The second-order valence-electron chi connectivity index (χ2n) is 4.45. The molecular formula is C15H28O2. The second kappa shape index (κ2) is 10.4. The minimum absolute atomic E-state index is 0.126. The zero-order chi connectivity index (χ0) is 13.1. The van der Waals surface area contributed by atoms with E-state index in [1.807, 2.05) is 0 Å². The summed E-state index contributed by atoms with van der Waals surface area (Å²) in [6, 6.07) is 0. The maximum absolute atomic E-state index is 11.7. The van der Waals surface area contributed by atoms with Crippen molar-refractivity contribution in [3.63, 3.8) is 0 Å². The predicted molar refractivity (Wildman–Crippen MR) is 73.0 cm³/mol. The van der Waals surface area contributed by atoms with E-state index in [2.05, 4.69) is 20.8 Å². The maximum Gasteiger partial charge on any atom is 0.333 e. The van der Waals surface area contributed by atoms with Crippen molar-refractivity contribution in [2.75, 3.05) is 7.11 Å². The van der Waals surface area contributed by atoms with Gasteiger partial charge in [-0.05, 0) is 25.7 Å². The van der Waals surface area contributed by atoms with E-state index in [1.54, 1.807) is 0 Å². The highest BCUT2D eigenvalue weighted by molar-refractivity contribution is 5.89. The number of ether oxygens (including phenoxy) is 1. The van der Waals surface area contributed by atoms with E-state index in [9.17, 15) is 4.79 Å². The van der Waals surface area contributed by atoms with Crippen molar-refractivity contribution in [3.05, 3.63) is 11.1 Å². The van der Waals surface area contributed by atoms with Gasteiger partial charge in [0.25, 0.3) is 0 Å². The summed E-state index contributed by atoms with van der Waals surface area (Å²) in [5.41, 5.74) is 2.18. The summed E-state index contributed by atoms with van der Waals surface area (Å²) in [5, 5.41) is 0. The minimum atomic E-state index is -0.126. The number of methoxy groups -OCH3 is 1. The lowest BCUT2D eigenvalue weighted by molar-refractivity contribution is -0.136. The third-order valence-electron chi connectivity index (χ3n) is 3.24. The van der Waals surface area contributed by atoms with Gasteiger partial charge in [-0.1, -0.05) is 52.0 Å². The standard InChI is InChI=1S/C15H28O2/c1-5-8-9-10-11-12-14(15(16)17-4)13(6-2)7-3/h5-12H2,1-4H3. The monoisotopic (exact) mass is 240 g/mol. The van der Waals surface area contributed by atoms with Crippen LogP contribution >= 0.6 is 0 Å². The van der Waals surface area contributed by atoms with E-state index in [-0.39, 0.29) is 5.97 Å². The number of unbranched alkanes of at least 4 members (excludes halogenated alkanes) is 4. The number of rotatable bonds is 9. The number of hydrogen-bond donors (Lipinski definition) is 0. The molecule has 0 aromatic heterocycles. The zero-order valence-electron chi connectivity index (χ0n) is 12.0. The fraction of sp³-hybridized carbons (Fsp3) is 0.800. The Morgan fingerprint density at radius 2 is 1.53 bits per heavy atom. The number of hydrogen-bond acceptors (Lipinski definition) is 2. The van der Waals surface area contributed by atoms with Crippen molar-refractivity contribution >= 4 is 5.97 Å². The number of allylic oxidation sites excluding steroid dienone is 1. The van der Waals surface area contributed by atoms with E-state index in [1.165, 1.54) is 38.4 Å². The molecule has 0 aromatic carbocycles. The summed E-state index contributed by atoms with van der Waals surface area (Å²) >= 11 is 0. The summed E-state index contributed by atoms with van der Waals surface area (Å²) in [5.74, 6) is -0.126. The van der Waals surface area contributed by atoms with Gasteiger partial charge in [-0.25, -0.2) is 4.79 Å². The Labute approximate surface area is 106 Å². The van der Waals surface area contributed by atoms with Crippen LogP contribution in [0, 0.1) is 0 Å². The summed E-state index contributed by atoms with van der Waals surface area (Å²) in [4.78, 5) is 11.7. The smallest absolute Gasteiger partial charge is 0.333 e. The van der Waals surface area contributed by atoms with Gasteiger partial charge in [0.1, 0.15) is 0 Å². The van der Waals surface area contributed by atoms with E-state index >= 15 is 0 Å². The van der Waals surface area contributed by atoms with Gasteiger partial charge in [0.15, 0.2) is 0 Å². The molecule has 0 aromatic rings. The highest BCUT2D eigenvalue weighted by Crippen LogP contribution is 2.20. The molecule has 0 atom stereocenters. The number of carbonyl (C=O) groups is 1. The Morgan fingerprint density at radius 1 is 0.941 bits per heavy atom. The third kappa shape index (κ3) is 6.50. The van der Waals surface area contributed by atoms with Gasteiger partial charge in [-0.15, -0.1) is 0 Å². The van der Waals surface area contributed by atoms with Crippen LogP contribution < -0.4 is 0 Å². The van der Waals surface area contributed by atoms with Crippen LogP contribution in [0.3, 0.4) is 0 Å². The molecule has 0 saturated carbocycles. The van der Waals surface area contributed by atoms with E-state index in [0.29, 0.717) is 0 Å². The van der Waals surface area contributed by atoms with Crippen LogP contribution in [0.15, 0.2) is 11.1 Å². The van der Waals surface area contributed by atoms with Crippen molar-refractivity contribution in [3.8, 4) is 0 Å².